The molecule has 0 aliphatic carbocycles. The third-order valence-corrected chi connectivity index (χ3v) is 3.69. The van der Waals surface area contributed by atoms with Crippen LogP contribution >= 0.6 is 0 Å². The van der Waals surface area contributed by atoms with Crippen molar-refractivity contribution in [3.63, 3.8) is 0 Å². The number of nitrogens with one attached hydrogen (secondary N) is 1. The lowest BCUT2D eigenvalue weighted by atomic mass is 9.97. The summed E-state index contributed by atoms with van der Waals surface area (Å²) in [6.45, 7) is 4.11. The van der Waals surface area contributed by atoms with Crippen LogP contribution in [-0.2, 0) is 11.2 Å². The molecule has 2 aromatic heterocycles. The molecule has 108 valence electrons. The van der Waals surface area contributed by atoms with E-state index in [-0.39, 0.29) is 18.9 Å². The number of aromatic nitrogens is 2. The normalized spacial score (nSPS) is 11.8. The van der Waals surface area contributed by atoms with Crippen molar-refractivity contribution < 1.29 is 9.90 Å². The van der Waals surface area contributed by atoms with E-state index in [0.717, 1.165) is 11.3 Å². The molecular formula is C15H21N3O2. The van der Waals surface area contributed by atoms with Crippen molar-refractivity contribution in [2.75, 3.05) is 6.54 Å². The quantitative estimate of drug-likeness (QED) is 0.840. The number of fused-ring (bicyclic) bond motifs is 1. The molecule has 2 rings (SSSR count). The molecule has 0 saturated carbocycles. The van der Waals surface area contributed by atoms with Crippen molar-refractivity contribution in [2.45, 2.75) is 38.7 Å². The smallest absolute Gasteiger partial charge is 0.226 e. The van der Waals surface area contributed by atoms with E-state index in [1.807, 2.05) is 48.8 Å². The van der Waals surface area contributed by atoms with Crippen LogP contribution in [0.1, 0.15) is 32.4 Å². The molecule has 0 spiro atoms. The zero-order valence-electron chi connectivity index (χ0n) is 12.0. The van der Waals surface area contributed by atoms with Crippen LogP contribution in [0.15, 0.2) is 30.6 Å². The van der Waals surface area contributed by atoms with Crippen LogP contribution in [0.2, 0.25) is 0 Å². The lowest BCUT2D eigenvalue weighted by Crippen LogP contribution is -2.42. The lowest BCUT2D eigenvalue weighted by molar-refractivity contribution is -0.121. The fourth-order valence-corrected chi connectivity index (χ4v) is 2.06. The number of aliphatic hydroxyl groups is 1. The van der Waals surface area contributed by atoms with Crippen LogP contribution in [0.3, 0.4) is 0 Å². The van der Waals surface area contributed by atoms with E-state index >= 15 is 0 Å². The maximum absolute atomic E-state index is 11.9. The second-order valence-corrected chi connectivity index (χ2v) is 5.08. The molecule has 0 atom stereocenters. The average molecular weight is 275 g/mol. The van der Waals surface area contributed by atoms with E-state index in [2.05, 4.69) is 10.3 Å². The van der Waals surface area contributed by atoms with Gasteiger partial charge in [-0.2, -0.15) is 0 Å². The van der Waals surface area contributed by atoms with Gasteiger partial charge in [-0.15, -0.1) is 0 Å². The summed E-state index contributed by atoms with van der Waals surface area (Å²) in [4.78, 5) is 16.3. The van der Waals surface area contributed by atoms with Crippen molar-refractivity contribution >= 4 is 11.6 Å². The predicted molar refractivity (Wildman–Crippen MR) is 77.4 cm³/mol. The van der Waals surface area contributed by atoms with Gasteiger partial charge >= 0.3 is 0 Å². The van der Waals surface area contributed by atoms with Crippen LogP contribution in [0.25, 0.3) is 5.65 Å². The number of nitrogens with zero attached hydrogens (tertiary/aromatic N) is 2. The minimum absolute atomic E-state index is 0.117. The number of imidazole rings is 1. The van der Waals surface area contributed by atoms with Crippen LogP contribution in [-0.4, -0.2) is 32.5 Å². The van der Waals surface area contributed by atoms with Crippen LogP contribution in [0.4, 0.5) is 0 Å². The molecule has 0 saturated heterocycles. The highest BCUT2D eigenvalue weighted by Gasteiger charge is 2.22. The third-order valence-electron chi connectivity index (χ3n) is 3.69. The molecule has 1 amide bonds. The monoisotopic (exact) mass is 275 g/mol. The highest BCUT2D eigenvalue weighted by atomic mass is 16.3. The van der Waals surface area contributed by atoms with E-state index in [4.69, 9.17) is 0 Å². The third kappa shape index (κ3) is 3.36. The number of amides is 1. The van der Waals surface area contributed by atoms with Gasteiger partial charge in [-0.25, -0.2) is 4.98 Å². The molecule has 0 aromatic carbocycles. The molecule has 0 unspecified atom stereocenters. The van der Waals surface area contributed by atoms with E-state index in [1.54, 1.807) is 0 Å². The SMILES string of the molecule is CCC(O)(CC)CNC(=O)Cc1cn2ccccc2n1. The van der Waals surface area contributed by atoms with Gasteiger partial charge in [0, 0.05) is 18.9 Å². The number of rotatable bonds is 6. The lowest BCUT2D eigenvalue weighted by Gasteiger charge is -2.25. The molecule has 0 aliphatic heterocycles. The summed E-state index contributed by atoms with van der Waals surface area (Å²) in [6, 6.07) is 5.73. The Morgan fingerprint density at radius 1 is 1.40 bits per heavy atom. The maximum Gasteiger partial charge on any atom is 0.226 e. The standard InChI is InChI=1S/C15H21N3O2/c1-3-15(20,4-2)11-16-14(19)9-12-10-18-8-6-5-7-13(18)17-12/h5-8,10,20H,3-4,9,11H2,1-2H3,(H,16,19). The first-order valence-corrected chi connectivity index (χ1v) is 6.98. The first kappa shape index (κ1) is 14.5. The number of carbonyl (C=O) groups is 1. The largest absolute Gasteiger partial charge is 0.388 e. The van der Waals surface area contributed by atoms with Gasteiger partial charge in [0.15, 0.2) is 0 Å². The Bertz CT molecular complexity index is 555. The highest BCUT2D eigenvalue weighted by Crippen LogP contribution is 2.13. The maximum atomic E-state index is 11.9. The van der Waals surface area contributed by atoms with E-state index in [0.29, 0.717) is 12.8 Å². The summed E-state index contributed by atoms with van der Waals surface area (Å²) in [5.41, 5.74) is 0.744. The van der Waals surface area contributed by atoms with Crippen LogP contribution in [0.5, 0.6) is 0 Å². The summed E-state index contributed by atoms with van der Waals surface area (Å²) in [5, 5.41) is 12.9. The Morgan fingerprint density at radius 3 is 2.80 bits per heavy atom. The second-order valence-electron chi connectivity index (χ2n) is 5.08. The van der Waals surface area contributed by atoms with Gasteiger partial charge in [-0.1, -0.05) is 19.9 Å². The number of hydrogen-bond donors (Lipinski definition) is 2. The fraction of sp³-hybridized carbons (Fsp3) is 0.467. The van der Waals surface area contributed by atoms with Crippen molar-refractivity contribution in [1.29, 1.82) is 0 Å². The van der Waals surface area contributed by atoms with Gasteiger partial charge in [0.05, 0.1) is 17.7 Å². The van der Waals surface area contributed by atoms with Crippen LogP contribution in [0, 0.1) is 0 Å². The first-order valence-electron chi connectivity index (χ1n) is 6.98. The van der Waals surface area contributed by atoms with Crippen molar-refractivity contribution in [3.05, 3.63) is 36.3 Å². The summed E-state index contributed by atoms with van der Waals surface area (Å²) >= 11 is 0. The first-order chi connectivity index (χ1) is 9.56. The molecule has 5 nitrogen and oxygen atoms in total. The fourth-order valence-electron chi connectivity index (χ4n) is 2.06. The molecule has 0 aliphatic rings. The molecule has 0 radical (unpaired) electrons. The van der Waals surface area contributed by atoms with E-state index in [9.17, 15) is 9.90 Å². The second kappa shape index (κ2) is 6.05. The van der Waals surface area contributed by atoms with Gasteiger partial charge < -0.3 is 14.8 Å². The molecule has 2 heterocycles. The minimum Gasteiger partial charge on any atom is -0.388 e. The minimum atomic E-state index is -0.811. The zero-order valence-corrected chi connectivity index (χ0v) is 12.0. The molecule has 5 heteroatoms. The Morgan fingerprint density at radius 2 is 2.15 bits per heavy atom. The summed E-state index contributed by atoms with van der Waals surface area (Å²) < 4.78 is 1.89. The Balaban J connectivity index is 1.94. The van der Waals surface area contributed by atoms with Gasteiger partial charge in [-0.05, 0) is 25.0 Å². The van der Waals surface area contributed by atoms with Gasteiger partial charge in [-0.3, -0.25) is 4.79 Å². The summed E-state index contributed by atoms with van der Waals surface area (Å²) in [5.74, 6) is -0.117. The topological polar surface area (TPSA) is 66.6 Å². The molecule has 0 fully saturated rings. The van der Waals surface area contributed by atoms with Gasteiger partial charge in [0.25, 0.3) is 0 Å². The number of hydrogen-bond acceptors (Lipinski definition) is 3. The molecule has 2 N–H and O–H groups in total. The highest BCUT2D eigenvalue weighted by molar-refractivity contribution is 5.78. The Kier molecular flexibility index (Phi) is 4.39. The van der Waals surface area contributed by atoms with E-state index in [1.165, 1.54) is 0 Å². The van der Waals surface area contributed by atoms with Gasteiger partial charge in [0.2, 0.25) is 5.91 Å². The Hall–Kier alpha value is -1.88. The van der Waals surface area contributed by atoms with Crippen LogP contribution < -0.4 is 5.32 Å². The molecular weight excluding hydrogens is 254 g/mol. The van der Waals surface area contributed by atoms with Crippen molar-refractivity contribution in [2.24, 2.45) is 0 Å². The summed E-state index contributed by atoms with van der Waals surface area (Å²) in [7, 11) is 0. The molecule has 2 aromatic rings. The van der Waals surface area contributed by atoms with Crippen molar-refractivity contribution in [3.8, 4) is 0 Å². The number of pyridine rings is 1. The van der Waals surface area contributed by atoms with E-state index < -0.39 is 5.60 Å². The average Bonchev–Trinajstić information content (AvgIpc) is 2.87. The predicted octanol–water partition coefficient (Wildman–Crippen LogP) is 1.54. The zero-order chi connectivity index (χ0) is 14.6. The van der Waals surface area contributed by atoms with Gasteiger partial charge in [0.1, 0.15) is 5.65 Å². The van der Waals surface area contributed by atoms with Crippen molar-refractivity contribution in [1.82, 2.24) is 14.7 Å². The Labute approximate surface area is 118 Å². The number of carbonyl (C=O) groups excluding carboxylic acids is 1. The molecule has 20 heavy (non-hydrogen) atoms. The molecule has 0 bridgehead atoms. The summed E-state index contributed by atoms with van der Waals surface area (Å²) in [6.07, 6.45) is 5.22.